The molecule has 1 aliphatic rings. The highest BCUT2D eigenvalue weighted by Crippen LogP contribution is 2.29. The van der Waals surface area contributed by atoms with E-state index in [0.29, 0.717) is 0 Å². The summed E-state index contributed by atoms with van der Waals surface area (Å²) >= 11 is 1.76. The van der Waals surface area contributed by atoms with E-state index >= 15 is 0 Å². The maximum atomic E-state index is 6.44. The molecule has 96 valence electrons. The lowest BCUT2D eigenvalue weighted by atomic mass is 9.77. The Morgan fingerprint density at radius 3 is 3.12 bits per heavy atom. The van der Waals surface area contributed by atoms with Crippen molar-refractivity contribution in [1.82, 2.24) is 10.3 Å². The van der Waals surface area contributed by atoms with Crippen molar-refractivity contribution in [2.45, 2.75) is 51.6 Å². The predicted molar refractivity (Wildman–Crippen MR) is 73.1 cm³/mol. The molecular formula is C13H23N3S. The number of hydrogen-bond acceptors (Lipinski definition) is 4. The number of nitrogens with zero attached hydrogens (tertiary/aromatic N) is 1. The Morgan fingerprint density at radius 1 is 1.65 bits per heavy atom. The van der Waals surface area contributed by atoms with Gasteiger partial charge in [-0.05, 0) is 25.7 Å². The Kier molecular flexibility index (Phi) is 4.17. The normalized spacial score (nSPS) is 29.5. The molecule has 2 unspecified atom stereocenters. The molecule has 0 saturated heterocycles. The zero-order valence-electron chi connectivity index (χ0n) is 10.8. The quantitative estimate of drug-likeness (QED) is 0.866. The summed E-state index contributed by atoms with van der Waals surface area (Å²) < 4.78 is 0. The lowest BCUT2D eigenvalue weighted by molar-refractivity contribution is 0.229. The molecule has 1 aliphatic carbocycles. The van der Waals surface area contributed by atoms with E-state index in [1.165, 1.54) is 17.7 Å². The standard InChI is InChI=1S/C13H23N3S/c1-10-4-3-5-13(14,6-10)9-15-7-12-8-16-11(2)17-12/h8,10,15H,3-7,9,14H2,1-2H3. The molecule has 0 spiro atoms. The molecule has 0 aliphatic heterocycles. The number of nitrogens with two attached hydrogens (primary N) is 1. The molecule has 3 N–H and O–H groups in total. The van der Waals surface area contributed by atoms with Crippen molar-refractivity contribution in [2.24, 2.45) is 11.7 Å². The summed E-state index contributed by atoms with van der Waals surface area (Å²) in [5, 5.41) is 4.63. The minimum absolute atomic E-state index is 0.0113. The van der Waals surface area contributed by atoms with Crippen LogP contribution in [-0.2, 0) is 6.54 Å². The molecular weight excluding hydrogens is 230 g/mol. The van der Waals surface area contributed by atoms with E-state index < -0.39 is 0 Å². The first-order chi connectivity index (χ1) is 8.07. The predicted octanol–water partition coefficient (Wildman–Crippen LogP) is 2.45. The van der Waals surface area contributed by atoms with Crippen molar-refractivity contribution in [1.29, 1.82) is 0 Å². The first-order valence-electron chi connectivity index (χ1n) is 6.48. The van der Waals surface area contributed by atoms with Gasteiger partial charge in [0.1, 0.15) is 0 Å². The van der Waals surface area contributed by atoms with Crippen LogP contribution < -0.4 is 11.1 Å². The van der Waals surface area contributed by atoms with Crippen LogP contribution in [-0.4, -0.2) is 17.1 Å². The van der Waals surface area contributed by atoms with Gasteiger partial charge in [0.2, 0.25) is 0 Å². The zero-order valence-corrected chi connectivity index (χ0v) is 11.6. The summed E-state index contributed by atoms with van der Waals surface area (Å²) in [6.45, 7) is 6.18. The molecule has 0 radical (unpaired) electrons. The first kappa shape index (κ1) is 13.0. The van der Waals surface area contributed by atoms with Gasteiger partial charge in [-0.15, -0.1) is 11.3 Å². The number of nitrogens with one attached hydrogen (secondary N) is 1. The Labute approximate surface area is 108 Å². The molecule has 2 atom stereocenters. The molecule has 0 amide bonds. The van der Waals surface area contributed by atoms with Gasteiger partial charge in [-0.3, -0.25) is 0 Å². The highest BCUT2D eigenvalue weighted by molar-refractivity contribution is 7.11. The minimum atomic E-state index is 0.0113. The van der Waals surface area contributed by atoms with Gasteiger partial charge in [-0.2, -0.15) is 0 Å². The molecule has 17 heavy (non-hydrogen) atoms. The van der Waals surface area contributed by atoms with Crippen molar-refractivity contribution < 1.29 is 0 Å². The monoisotopic (exact) mass is 253 g/mol. The summed E-state index contributed by atoms with van der Waals surface area (Å²) in [5.74, 6) is 0.779. The van der Waals surface area contributed by atoms with E-state index in [9.17, 15) is 0 Å². The molecule has 2 rings (SSSR count). The second kappa shape index (κ2) is 5.46. The smallest absolute Gasteiger partial charge is 0.0897 e. The van der Waals surface area contributed by atoms with Gasteiger partial charge in [0.15, 0.2) is 0 Å². The molecule has 1 aromatic rings. The Morgan fingerprint density at radius 2 is 2.47 bits per heavy atom. The minimum Gasteiger partial charge on any atom is -0.324 e. The van der Waals surface area contributed by atoms with Gasteiger partial charge in [0.25, 0.3) is 0 Å². The summed E-state index contributed by atoms with van der Waals surface area (Å²) in [6, 6.07) is 0. The van der Waals surface area contributed by atoms with Crippen LogP contribution in [0.5, 0.6) is 0 Å². The molecule has 0 bridgehead atoms. The van der Waals surface area contributed by atoms with Crippen LogP contribution in [0, 0.1) is 12.8 Å². The van der Waals surface area contributed by atoms with Crippen LogP contribution in [0.25, 0.3) is 0 Å². The third-order valence-electron chi connectivity index (χ3n) is 3.57. The third-order valence-corrected chi connectivity index (χ3v) is 4.48. The van der Waals surface area contributed by atoms with E-state index in [1.807, 2.05) is 13.1 Å². The Bertz CT molecular complexity index is 363. The van der Waals surface area contributed by atoms with Crippen molar-refractivity contribution in [3.8, 4) is 0 Å². The Hall–Kier alpha value is -0.450. The third kappa shape index (κ3) is 3.76. The molecule has 1 fully saturated rings. The maximum absolute atomic E-state index is 6.44. The fourth-order valence-electron chi connectivity index (χ4n) is 2.78. The van der Waals surface area contributed by atoms with Gasteiger partial charge in [0, 0.05) is 29.7 Å². The second-order valence-corrected chi connectivity index (χ2v) is 6.83. The second-order valence-electron chi connectivity index (χ2n) is 5.51. The lowest BCUT2D eigenvalue weighted by Crippen LogP contribution is -2.51. The topological polar surface area (TPSA) is 50.9 Å². The van der Waals surface area contributed by atoms with Gasteiger partial charge < -0.3 is 11.1 Å². The molecule has 0 aromatic carbocycles. The van der Waals surface area contributed by atoms with Gasteiger partial charge in [-0.1, -0.05) is 19.8 Å². The number of thiazole rings is 1. The van der Waals surface area contributed by atoms with Crippen LogP contribution in [0.3, 0.4) is 0 Å². The van der Waals surface area contributed by atoms with Gasteiger partial charge >= 0.3 is 0 Å². The molecule has 4 heteroatoms. The SMILES string of the molecule is Cc1ncc(CNCC2(N)CCCC(C)C2)s1. The highest BCUT2D eigenvalue weighted by atomic mass is 32.1. The van der Waals surface area contributed by atoms with Gasteiger partial charge in [-0.25, -0.2) is 4.98 Å². The molecule has 1 heterocycles. The van der Waals surface area contributed by atoms with Crippen molar-refractivity contribution in [2.75, 3.05) is 6.54 Å². The number of aryl methyl sites for hydroxylation is 1. The van der Waals surface area contributed by atoms with Crippen LogP contribution in [0.15, 0.2) is 6.20 Å². The van der Waals surface area contributed by atoms with Crippen LogP contribution >= 0.6 is 11.3 Å². The van der Waals surface area contributed by atoms with E-state index in [1.54, 1.807) is 11.3 Å². The fraction of sp³-hybridized carbons (Fsp3) is 0.769. The summed E-state index contributed by atoms with van der Waals surface area (Å²) in [5.41, 5.74) is 6.46. The molecule has 1 saturated carbocycles. The number of hydrogen-bond donors (Lipinski definition) is 2. The fourth-order valence-corrected chi connectivity index (χ4v) is 3.55. The first-order valence-corrected chi connectivity index (χ1v) is 7.30. The van der Waals surface area contributed by atoms with Gasteiger partial charge in [0.05, 0.1) is 5.01 Å². The number of rotatable bonds is 4. The summed E-state index contributed by atoms with van der Waals surface area (Å²) in [7, 11) is 0. The van der Waals surface area contributed by atoms with Crippen molar-refractivity contribution in [3.05, 3.63) is 16.1 Å². The molecule has 1 aromatic heterocycles. The summed E-state index contributed by atoms with van der Waals surface area (Å²) in [6.07, 6.45) is 6.89. The average Bonchev–Trinajstić information content (AvgIpc) is 2.63. The molecule has 3 nitrogen and oxygen atoms in total. The van der Waals surface area contributed by atoms with E-state index in [2.05, 4.69) is 17.2 Å². The zero-order chi connectivity index (χ0) is 12.3. The van der Waals surface area contributed by atoms with Crippen LogP contribution in [0.1, 0.15) is 42.5 Å². The van der Waals surface area contributed by atoms with Crippen LogP contribution in [0.4, 0.5) is 0 Å². The largest absolute Gasteiger partial charge is 0.324 e. The van der Waals surface area contributed by atoms with Crippen molar-refractivity contribution in [3.63, 3.8) is 0 Å². The summed E-state index contributed by atoms with van der Waals surface area (Å²) in [4.78, 5) is 5.56. The maximum Gasteiger partial charge on any atom is 0.0897 e. The average molecular weight is 253 g/mol. The Balaban J connectivity index is 1.77. The number of aromatic nitrogens is 1. The van der Waals surface area contributed by atoms with Crippen LogP contribution in [0.2, 0.25) is 0 Å². The lowest BCUT2D eigenvalue weighted by Gasteiger charge is -2.37. The highest BCUT2D eigenvalue weighted by Gasteiger charge is 2.30. The van der Waals surface area contributed by atoms with E-state index in [4.69, 9.17) is 5.73 Å². The van der Waals surface area contributed by atoms with E-state index in [-0.39, 0.29) is 5.54 Å². The van der Waals surface area contributed by atoms with Crippen molar-refractivity contribution >= 4 is 11.3 Å². The van der Waals surface area contributed by atoms with E-state index in [0.717, 1.165) is 36.9 Å².